The van der Waals surface area contributed by atoms with E-state index < -0.39 is 45.4 Å². The number of anilines is 1. The first kappa shape index (κ1) is 25.1. The number of benzene rings is 3. The van der Waals surface area contributed by atoms with Crippen molar-refractivity contribution in [2.45, 2.75) is 23.8 Å². The van der Waals surface area contributed by atoms with Crippen LogP contribution in [0.1, 0.15) is 22.3 Å². The third-order valence-electron chi connectivity index (χ3n) is 5.83. The number of hydrogen-bond donors (Lipinski definition) is 1. The summed E-state index contributed by atoms with van der Waals surface area (Å²) in [5, 5.41) is 5.12. The minimum atomic E-state index is -3.87. The molecule has 4 rings (SSSR count). The lowest BCUT2D eigenvalue weighted by Crippen LogP contribution is -2.46. The van der Waals surface area contributed by atoms with E-state index in [4.69, 9.17) is 5.14 Å². The maximum Gasteiger partial charge on any atom is 0.257 e. The van der Waals surface area contributed by atoms with Gasteiger partial charge < -0.3 is 4.90 Å². The molecule has 1 unspecified atom stereocenters. The topological polar surface area (TPSA) is 118 Å². The molecule has 1 atom stereocenters. The average Bonchev–Trinajstić information content (AvgIpc) is 3.13. The van der Waals surface area contributed by atoms with Gasteiger partial charge in [-0.2, -0.15) is 0 Å². The molecule has 3 amide bonds. The highest BCUT2D eigenvalue weighted by Crippen LogP contribution is 2.27. The molecule has 0 aromatic heterocycles. The molecule has 11 heteroatoms. The number of carbonyl (C=O) groups excluding carboxylic acids is 3. The maximum absolute atomic E-state index is 13.4. The number of sulfonamides is 1. The van der Waals surface area contributed by atoms with Gasteiger partial charge in [0.1, 0.15) is 17.7 Å². The van der Waals surface area contributed by atoms with Gasteiger partial charge in [0.15, 0.2) is 0 Å². The van der Waals surface area contributed by atoms with E-state index in [1.54, 1.807) is 0 Å². The van der Waals surface area contributed by atoms with E-state index in [0.29, 0.717) is 5.56 Å². The Kier molecular flexibility index (Phi) is 6.95. The lowest BCUT2D eigenvalue weighted by Gasteiger charge is -2.28. The summed E-state index contributed by atoms with van der Waals surface area (Å²) in [4.78, 5) is 41.5. The Bertz CT molecular complexity index is 1410. The smallest absolute Gasteiger partial charge is 0.257 e. The van der Waals surface area contributed by atoms with Gasteiger partial charge in [-0.25, -0.2) is 27.2 Å². The van der Waals surface area contributed by atoms with Crippen molar-refractivity contribution in [2.24, 2.45) is 5.14 Å². The van der Waals surface area contributed by atoms with Gasteiger partial charge in [-0.3, -0.25) is 14.4 Å². The third kappa shape index (κ3) is 5.31. The van der Waals surface area contributed by atoms with Gasteiger partial charge in [0, 0.05) is 12.1 Å². The molecule has 3 aromatic rings. The number of carbonyl (C=O) groups is 3. The summed E-state index contributed by atoms with van der Waals surface area (Å²) in [6, 6.07) is 14.2. The van der Waals surface area contributed by atoms with Crippen LogP contribution in [0.25, 0.3) is 0 Å². The molecule has 2 N–H and O–H groups in total. The molecule has 0 saturated carbocycles. The van der Waals surface area contributed by atoms with E-state index in [-0.39, 0.29) is 35.5 Å². The number of rotatable bonds is 7. The Balaban J connectivity index is 1.62. The van der Waals surface area contributed by atoms with Crippen molar-refractivity contribution in [3.05, 3.63) is 95.6 Å². The molecule has 1 saturated heterocycles. The van der Waals surface area contributed by atoms with Crippen LogP contribution >= 0.6 is 0 Å². The van der Waals surface area contributed by atoms with Crippen molar-refractivity contribution in [3.63, 3.8) is 0 Å². The molecule has 0 spiro atoms. The predicted octanol–water partition coefficient (Wildman–Crippen LogP) is 2.63. The fourth-order valence-electron chi connectivity index (χ4n) is 3.97. The second-order valence-corrected chi connectivity index (χ2v) is 9.77. The van der Waals surface area contributed by atoms with E-state index >= 15 is 0 Å². The number of amides is 3. The Morgan fingerprint density at radius 3 is 2.03 bits per heavy atom. The van der Waals surface area contributed by atoms with E-state index in [1.807, 2.05) is 0 Å². The minimum absolute atomic E-state index is 0.00583. The van der Waals surface area contributed by atoms with Gasteiger partial charge in [-0.1, -0.05) is 12.1 Å². The number of hydrogen-bond acceptors (Lipinski definition) is 5. The van der Waals surface area contributed by atoms with Gasteiger partial charge in [0.2, 0.25) is 15.9 Å². The molecule has 0 aliphatic carbocycles. The predicted molar refractivity (Wildman–Crippen MR) is 126 cm³/mol. The van der Waals surface area contributed by atoms with Crippen molar-refractivity contribution < 1.29 is 31.6 Å². The molecule has 8 nitrogen and oxygen atoms in total. The SMILES string of the molecule is NS(=O)(=O)c1ccc(CCN(C(=O)c2ccc(F)cc2)C2CC(=O)N(c3ccc(F)cc3)C2=O)cc1. The zero-order valence-electron chi connectivity index (χ0n) is 18.8. The highest BCUT2D eigenvalue weighted by atomic mass is 32.2. The van der Waals surface area contributed by atoms with Crippen molar-refractivity contribution >= 4 is 33.4 Å². The van der Waals surface area contributed by atoms with Crippen molar-refractivity contribution in [1.82, 2.24) is 4.90 Å². The molecule has 1 fully saturated rings. The highest BCUT2D eigenvalue weighted by molar-refractivity contribution is 7.89. The lowest BCUT2D eigenvalue weighted by molar-refractivity contribution is -0.122. The summed E-state index contributed by atoms with van der Waals surface area (Å²) >= 11 is 0. The number of halogens is 2. The molecule has 186 valence electrons. The van der Waals surface area contributed by atoms with Gasteiger partial charge >= 0.3 is 0 Å². The summed E-state index contributed by atoms with van der Waals surface area (Å²) < 4.78 is 49.7. The molecule has 36 heavy (non-hydrogen) atoms. The summed E-state index contributed by atoms with van der Waals surface area (Å²) in [7, 11) is -3.87. The molecule has 0 radical (unpaired) electrons. The number of imide groups is 1. The number of primary sulfonamides is 1. The fourth-order valence-corrected chi connectivity index (χ4v) is 4.49. The second-order valence-electron chi connectivity index (χ2n) is 8.21. The first-order valence-electron chi connectivity index (χ1n) is 10.9. The molecule has 0 bridgehead atoms. The molecule has 1 heterocycles. The van der Waals surface area contributed by atoms with Crippen LogP contribution < -0.4 is 10.0 Å². The third-order valence-corrected chi connectivity index (χ3v) is 6.76. The zero-order chi connectivity index (χ0) is 26.0. The lowest BCUT2D eigenvalue weighted by atomic mass is 10.1. The summed E-state index contributed by atoms with van der Waals surface area (Å²) in [5.41, 5.74) is 0.967. The summed E-state index contributed by atoms with van der Waals surface area (Å²) in [6.07, 6.45) is -0.0557. The van der Waals surface area contributed by atoms with Gasteiger partial charge in [-0.15, -0.1) is 0 Å². The molecular formula is C25H21F2N3O5S. The number of nitrogens with two attached hydrogens (primary N) is 1. The van der Waals surface area contributed by atoms with Crippen molar-refractivity contribution in [3.8, 4) is 0 Å². The van der Waals surface area contributed by atoms with E-state index in [9.17, 15) is 31.6 Å². The highest BCUT2D eigenvalue weighted by Gasteiger charge is 2.44. The van der Waals surface area contributed by atoms with E-state index in [1.165, 1.54) is 53.4 Å². The largest absolute Gasteiger partial charge is 0.326 e. The quantitative estimate of drug-likeness (QED) is 0.488. The standard InChI is InChI=1S/C25H21F2N3O5S/c26-18-5-3-17(4-6-18)24(32)29(14-13-16-1-11-21(12-2-16)36(28,34)35)22-15-23(31)30(25(22)33)20-9-7-19(27)8-10-20/h1-12,22H,13-15H2,(H2,28,34,35). The normalized spacial score (nSPS) is 15.9. The fraction of sp³-hybridized carbons (Fsp3) is 0.160. The summed E-state index contributed by atoms with van der Waals surface area (Å²) in [6.45, 7) is 0.00583. The van der Waals surface area contributed by atoms with Crippen molar-refractivity contribution in [2.75, 3.05) is 11.4 Å². The van der Waals surface area contributed by atoms with E-state index in [2.05, 4.69) is 0 Å². The van der Waals surface area contributed by atoms with Gasteiger partial charge in [0.05, 0.1) is 17.0 Å². The van der Waals surface area contributed by atoms with E-state index in [0.717, 1.165) is 29.2 Å². The molecular weight excluding hydrogens is 492 g/mol. The molecule has 1 aliphatic heterocycles. The average molecular weight is 514 g/mol. The van der Waals surface area contributed by atoms with Crippen LogP contribution in [0.3, 0.4) is 0 Å². The van der Waals surface area contributed by atoms with Crippen LogP contribution in [0.15, 0.2) is 77.7 Å². The number of nitrogens with zero attached hydrogens (tertiary/aromatic N) is 2. The van der Waals surface area contributed by atoms with Crippen LogP contribution in [0.4, 0.5) is 14.5 Å². The van der Waals surface area contributed by atoms with Gasteiger partial charge in [-0.05, 0) is 72.6 Å². The second kappa shape index (κ2) is 9.96. The van der Waals surface area contributed by atoms with Crippen molar-refractivity contribution in [1.29, 1.82) is 0 Å². The van der Waals surface area contributed by atoms with Crippen LogP contribution in [-0.4, -0.2) is 43.6 Å². The Morgan fingerprint density at radius 2 is 1.47 bits per heavy atom. The van der Waals surface area contributed by atoms with Crippen LogP contribution in [-0.2, 0) is 26.0 Å². The monoisotopic (exact) mass is 513 g/mol. The Hall–Kier alpha value is -3.96. The molecule has 1 aliphatic rings. The Morgan fingerprint density at radius 1 is 0.917 bits per heavy atom. The summed E-state index contributed by atoms with van der Waals surface area (Å²) in [5.74, 6) is -2.85. The first-order valence-corrected chi connectivity index (χ1v) is 12.4. The molecule has 3 aromatic carbocycles. The van der Waals surface area contributed by atoms with Gasteiger partial charge in [0.25, 0.3) is 11.8 Å². The van der Waals surface area contributed by atoms with Crippen LogP contribution in [0.5, 0.6) is 0 Å². The zero-order valence-corrected chi connectivity index (χ0v) is 19.6. The van der Waals surface area contributed by atoms with Crippen LogP contribution in [0, 0.1) is 11.6 Å². The Labute approximate surface area is 206 Å². The maximum atomic E-state index is 13.4. The minimum Gasteiger partial charge on any atom is -0.326 e. The first-order chi connectivity index (χ1) is 17.0. The van der Waals surface area contributed by atoms with Crippen LogP contribution in [0.2, 0.25) is 0 Å².